The third-order valence-corrected chi connectivity index (χ3v) is 4.17. The van der Waals surface area contributed by atoms with E-state index >= 15 is 0 Å². The van der Waals surface area contributed by atoms with Crippen molar-refractivity contribution >= 4 is 17.5 Å². The second kappa shape index (κ2) is 9.12. The Morgan fingerprint density at radius 1 is 0.926 bits per heavy atom. The maximum absolute atomic E-state index is 10.6. The lowest BCUT2D eigenvalue weighted by atomic mass is 9.99. The summed E-state index contributed by atoms with van der Waals surface area (Å²) in [5.74, 6) is 0.908. The molecule has 8 heteroatoms. The minimum absolute atomic E-state index is 0.277. The molecule has 1 heterocycles. The molecule has 1 fully saturated rings. The smallest absolute Gasteiger partial charge is 0.358 e. The number of benzene rings is 2. The first-order valence-electron chi connectivity index (χ1n) is 8.36. The standard InChI is InChI=1S/C19H20O7S/c20-11-14-15(21)17(26-19(27)24-13-9-5-2-6-10-13)16(22)18(25-14)23-12-7-3-1-4-8-12/h1-10,14-18,20-22H,11H2/t14-,15+,16-,17+,18-/m1/s1. The molecule has 3 rings (SSSR count). The van der Waals surface area contributed by atoms with Gasteiger partial charge in [-0.1, -0.05) is 36.4 Å². The van der Waals surface area contributed by atoms with Crippen LogP contribution in [0.3, 0.4) is 0 Å². The van der Waals surface area contributed by atoms with Crippen molar-refractivity contribution in [2.75, 3.05) is 6.61 Å². The van der Waals surface area contributed by atoms with Crippen molar-refractivity contribution in [2.24, 2.45) is 0 Å². The number of para-hydroxylation sites is 2. The number of aliphatic hydroxyl groups is 3. The number of rotatable bonds is 5. The predicted molar refractivity (Wildman–Crippen MR) is 99.4 cm³/mol. The Morgan fingerprint density at radius 2 is 1.52 bits per heavy atom. The zero-order chi connectivity index (χ0) is 19.2. The SMILES string of the molecule is OC[C@H]1O[C@@H](Oc2ccccc2)[C@H](O)[C@@H](OC(=S)Oc2ccccc2)[C@H]1O. The van der Waals surface area contributed by atoms with Crippen molar-refractivity contribution < 1.29 is 34.3 Å². The lowest BCUT2D eigenvalue weighted by Gasteiger charge is -2.41. The monoisotopic (exact) mass is 392 g/mol. The molecule has 0 aromatic heterocycles. The van der Waals surface area contributed by atoms with Gasteiger partial charge in [0.05, 0.1) is 6.61 Å². The van der Waals surface area contributed by atoms with E-state index in [0.29, 0.717) is 11.5 Å². The topological polar surface area (TPSA) is 97.6 Å². The van der Waals surface area contributed by atoms with Crippen LogP contribution in [0.25, 0.3) is 0 Å². The summed E-state index contributed by atoms with van der Waals surface area (Å²) < 4.78 is 21.9. The highest BCUT2D eigenvalue weighted by Gasteiger charge is 2.47. The lowest BCUT2D eigenvalue weighted by Crippen LogP contribution is -2.61. The molecule has 0 saturated carbocycles. The largest absolute Gasteiger partial charge is 0.462 e. The zero-order valence-electron chi connectivity index (χ0n) is 14.3. The molecule has 0 amide bonds. The molecular weight excluding hydrogens is 372 g/mol. The van der Waals surface area contributed by atoms with Crippen LogP contribution in [0, 0.1) is 0 Å². The predicted octanol–water partition coefficient (Wildman–Crippen LogP) is 1.25. The zero-order valence-corrected chi connectivity index (χ0v) is 15.1. The van der Waals surface area contributed by atoms with Crippen molar-refractivity contribution in [3.8, 4) is 11.5 Å². The van der Waals surface area contributed by atoms with E-state index in [1.807, 2.05) is 12.1 Å². The lowest BCUT2D eigenvalue weighted by molar-refractivity contribution is -0.275. The highest BCUT2D eigenvalue weighted by Crippen LogP contribution is 2.26. The molecule has 0 unspecified atom stereocenters. The van der Waals surface area contributed by atoms with E-state index in [9.17, 15) is 15.3 Å². The van der Waals surface area contributed by atoms with E-state index in [2.05, 4.69) is 0 Å². The molecule has 27 heavy (non-hydrogen) atoms. The summed E-state index contributed by atoms with van der Waals surface area (Å²) in [7, 11) is 0. The van der Waals surface area contributed by atoms with Crippen molar-refractivity contribution in [1.29, 1.82) is 0 Å². The van der Waals surface area contributed by atoms with Gasteiger partial charge in [-0.3, -0.25) is 0 Å². The minimum Gasteiger partial charge on any atom is -0.462 e. The number of ether oxygens (including phenoxy) is 4. The van der Waals surface area contributed by atoms with E-state index in [1.165, 1.54) is 0 Å². The summed E-state index contributed by atoms with van der Waals surface area (Å²) >= 11 is 5.06. The number of hydrogen-bond acceptors (Lipinski definition) is 8. The van der Waals surface area contributed by atoms with Gasteiger partial charge in [0.15, 0.2) is 12.2 Å². The molecule has 1 aliphatic heterocycles. The summed E-state index contributed by atoms with van der Waals surface area (Å²) in [6, 6.07) is 17.4. The number of thiocarbonyl (C=S) groups is 1. The third-order valence-electron chi connectivity index (χ3n) is 3.99. The fourth-order valence-corrected chi connectivity index (χ4v) is 2.85. The van der Waals surface area contributed by atoms with E-state index in [-0.39, 0.29) is 5.24 Å². The second-order valence-corrected chi connectivity index (χ2v) is 6.22. The van der Waals surface area contributed by atoms with Gasteiger partial charge in [0.1, 0.15) is 23.7 Å². The Morgan fingerprint density at radius 3 is 2.11 bits per heavy atom. The van der Waals surface area contributed by atoms with Gasteiger partial charge in [0, 0.05) is 12.2 Å². The Hall–Kier alpha value is -2.23. The van der Waals surface area contributed by atoms with Gasteiger partial charge in [-0.15, -0.1) is 0 Å². The van der Waals surface area contributed by atoms with Crippen LogP contribution in [-0.4, -0.2) is 57.9 Å². The molecule has 144 valence electrons. The van der Waals surface area contributed by atoms with Crippen LogP contribution in [0.1, 0.15) is 0 Å². The van der Waals surface area contributed by atoms with Gasteiger partial charge in [-0.25, -0.2) is 0 Å². The highest BCUT2D eigenvalue weighted by molar-refractivity contribution is 7.79. The van der Waals surface area contributed by atoms with Crippen molar-refractivity contribution in [3.63, 3.8) is 0 Å². The highest BCUT2D eigenvalue weighted by atomic mass is 32.1. The Balaban J connectivity index is 1.70. The van der Waals surface area contributed by atoms with Crippen LogP contribution in [0.5, 0.6) is 11.5 Å². The molecule has 2 aromatic rings. The molecule has 0 radical (unpaired) electrons. The van der Waals surface area contributed by atoms with Gasteiger partial charge in [0.25, 0.3) is 0 Å². The van der Waals surface area contributed by atoms with E-state index in [0.717, 1.165) is 0 Å². The number of aliphatic hydroxyl groups excluding tert-OH is 3. The maximum Gasteiger partial charge on any atom is 0.358 e. The molecule has 0 bridgehead atoms. The van der Waals surface area contributed by atoms with Crippen molar-refractivity contribution in [2.45, 2.75) is 30.7 Å². The molecule has 7 nitrogen and oxygen atoms in total. The molecule has 0 aliphatic carbocycles. The molecule has 5 atom stereocenters. The van der Waals surface area contributed by atoms with E-state index < -0.39 is 37.3 Å². The van der Waals surface area contributed by atoms with Gasteiger partial charge in [0.2, 0.25) is 6.29 Å². The van der Waals surface area contributed by atoms with Crippen LogP contribution in [0.2, 0.25) is 0 Å². The van der Waals surface area contributed by atoms with Crippen LogP contribution < -0.4 is 9.47 Å². The molecule has 2 aromatic carbocycles. The molecule has 0 spiro atoms. The average Bonchev–Trinajstić information content (AvgIpc) is 2.69. The fraction of sp³-hybridized carbons (Fsp3) is 0.316. The van der Waals surface area contributed by atoms with Gasteiger partial charge in [-0.05, 0) is 24.3 Å². The summed E-state index contributed by atoms with van der Waals surface area (Å²) in [6.45, 7) is -0.491. The van der Waals surface area contributed by atoms with Crippen molar-refractivity contribution in [3.05, 3.63) is 60.7 Å². The first kappa shape index (κ1) is 19.5. The molecule has 1 aliphatic rings. The number of hydrogen-bond donors (Lipinski definition) is 3. The molecule has 1 saturated heterocycles. The summed E-state index contributed by atoms with van der Waals surface area (Å²) in [4.78, 5) is 0. The van der Waals surface area contributed by atoms with Crippen LogP contribution in [-0.2, 0) is 9.47 Å². The molecule has 3 N–H and O–H groups in total. The fourth-order valence-electron chi connectivity index (χ4n) is 2.64. The maximum atomic E-state index is 10.6. The quantitative estimate of drug-likeness (QED) is 0.655. The Kier molecular flexibility index (Phi) is 6.59. The summed E-state index contributed by atoms with van der Waals surface area (Å²) in [5, 5.41) is 30.1. The average molecular weight is 392 g/mol. The normalized spacial score (nSPS) is 27.6. The minimum atomic E-state index is -1.37. The van der Waals surface area contributed by atoms with Gasteiger partial charge >= 0.3 is 5.24 Å². The Bertz CT molecular complexity index is 727. The summed E-state index contributed by atoms with van der Waals surface area (Å²) in [5.41, 5.74) is 0. The van der Waals surface area contributed by atoms with Gasteiger partial charge in [-0.2, -0.15) is 0 Å². The summed E-state index contributed by atoms with van der Waals surface area (Å²) in [6.07, 6.45) is -6.11. The van der Waals surface area contributed by atoms with Crippen LogP contribution in [0.4, 0.5) is 0 Å². The van der Waals surface area contributed by atoms with Crippen molar-refractivity contribution in [1.82, 2.24) is 0 Å². The van der Waals surface area contributed by atoms with E-state index in [4.69, 9.17) is 31.2 Å². The van der Waals surface area contributed by atoms with Crippen LogP contribution in [0.15, 0.2) is 60.7 Å². The van der Waals surface area contributed by atoms with Crippen LogP contribution >= 0.6 is 12.2 Å². The molecular formula is C19H20O7S. The second-order valence-electron chi connectivity index (χ2n) is 5.89. The van der Waals surface area contributed by atoms with E-state index in [1.54, 1.807) is 48.5 Å². The van der Waals surface area contributed by atoms with Gasteiger partial charge < -0.3 is 34.3 Å². The Labute approximate surface area is 161 Å². The first-order valence-corrected chi connectivity index (χ1v) is 8.77. The third kappa shape index (κ3) is 4.94. The first-order chi connectivity index (χ1) is 13.1.